The molecule has 1 fully saturated rings. The van der Waals surface area contributed by atoms with Crippen molar-refractivity contribution in [3.8, 4) is 5.75 Å². The Morgan fingerprint density at radius 2 is 1.84 bits per heavy atom. The third-order valence-corrected chi connectivity index (χ3v) is 4.22. The summed E-state index contributed by atoms with van der Waals surface area (Å²) >= 11 is 0. The summed E-state index contributed by atoms with van der Waals surface area (Å²) in [4.78, 5) is 6.64. The summed E-state index contributed by atoms with van der Waals surface area (Å²) in [6, 6.07) is 4.30. The molecule has 0 aromatic heterocycles. The predicted octanol–water partition coefficient (Wildman–Crippen LogP) is 5.51. The van der Waals surface area contributed by atoms with Crippen molar-refractivity contribution in [1.29, 1.82) is 0 Å². The van der Waals surface area contributed by atoms with Crippen LogP contribution in [0.1, 0.15) is 51.2 Å². The molecule has 1 saturated carbocycles. The van der Waals surface area contributed by atoms with Gasteiger partial charge in [0.15, 0.2) is 6.61 Å². The van der Waals surface area contributed by atoms with Gasteiger partial charge in [0.1, 0.15) is 5.75 Å². The molecule has 1 aromatic carbocycles. The predicted molar refractivity (Wildman–Crippen MR) is 99.4 cm³/mol. The number of aliphatic imine (C=N–C) groups is 1. The summed E-state index contributed by atoms with van der Waals surface area (Å²) in [7, 11) is 2.03. The first-order valence-electron chi connectivity index (χ1n) is 8.85. The average molecular weight is 352 g/mol. The van der Waals surface area contributed by atoms with E-state index in [2.05, 4.69) is 9.89 Å². The highest BCUT2D eigenvalue weighted by molar-refractivity contribution is 5.65. The summed E-state index contributed by atoms with van der Waals surface area (Å²) in [6.07, 6.45) is 4.08. The second-order valence-corrected chi connectivity index (χ2v) is 8.43. The van der Waals surface area contributed by atoms with Crippen LogP contribution in [-0.2, 0) is 0 Å². The van der Waals surface area contributed by atoms with E-state index in [1.54, 1.807) is 6.07 Å². The monoisotopic (exact) mass is 352 g/mol. The number of halogens is 2. The highest BCUT2D eigenvalue weighted by Crippen LogP contribution is 2.34. The van der Waals surface area contributed by atoms with Gasteiger partial charge in [0.2, 0.25) is 0 Å². The number of alkyl halides is 2. The zero-order valence-corrected chi connectivity index (χ0v) is 16.2. The van der Waals surface area contributed by atoms with Crippen LogP contribution in [0.4, 0.5) is 14.5 Å². The fraction of sp³-hybridized carbons (Fsp3) is 0.650. The minimum absolute atomic E-state index is 0.200. The first-order chi connectivity index (χ1) is 11.5. The summed E-state index contributed by atoms with van der Waals surface area (Å²) in [5.74, 6) is -2.34. The first-order valence-corrected chi connectivity index (χ1v) is 8.85. The second kappa shape index (κ2) is 7.30. The molecule has 0 spiro atoms. The van der Waals surface area contributed by atoms with Gasteiger partial charge < -0.3 is 9.64 Å². The molecule has 0 radical (unpaired) electrons. The number of nitrogens with zero attached hydrogens (tertiary/aromatic N) is 2. The Bertz CT molecular complexity index is 631. The third kappa shape index (κ3) is 6.29. The molecule has 0 N–H and O–H groups in total. The maximum atomic E-state index is 14.1. The van der Waals surface area contributed by atoms with Crippen LogP contribution in [0.2, 0.25) is 0 Å². The Kier molecular flexibility index (Phi) is 5.75. The van der Waals surface area contributed by atoms with Gasteiger partial charge in [0.05, 0.1) is 12.0 Å². The van der Waals surface area contributed by atoms with Gasteiger partial charge in [-0.3, -0.25) is 0 Å². The van der Waals surface area contributed by atoms with Crippen molar-refractivity contribution in [2.24, 2.45) is 10.4 Å². The van der Waals surface area contributed by atoms with E-state index in [4.69, 9.17) is 4.74 Å². The van der Waals surface area contributed by atoms with Crippen molar-refractivity contribution in [2.75, 3.05) is 13.7 Å². The average Bonchev–Trinajstić information content (AvgIpc) is 3.28. The number of ether oxygens (including phenoxy) is 1. The molecule has 0 heterocycles. The first kappa shape index (κ1) is 19.7. The van der Waals surface area contributed by atoms with Gasteiger partial charge in [-0.25, -0.2) is 13.8 Å². The quantitative estimate of drug-likeness (QED) is 0.477. The van der Waals surface area contributed by atoms with Crippen molar-refractivity contribution in [1.82, 2.24) is 4.90 Å². The van der Waals surface area contributed by atoms with Crippen molar-refractivity contribution < 1.29 is 13.5 Å². The van der Waals surface area contributed by atoms with Crippen LogP contribution < -0.4 is 4.74 Å². The molecule has 1 aliphatic carbocycles. The van der Waals surface area contributed by atoms with Gasteiger partial charge in [-0.15, -0.1) is 0 Å². The Labute approximate surface area is 150 Å². The van der Waals surface area contributed by atoms with E-state index < -0.39 is 17.9 Å². The molecule has 1 aromatic rings. The van der Waals surface area contributed by atoms with Crippen LogP contribution in [0.5, 0.6) is 5.75 Å². The molecule has 2 rings (SSSR count). The Morgan fingerprint density at radius 3 is 2.40 bits per heavy atom. The molecular weight excluding hydrogens is 322 g/mol. The van der Waals surface area contributed by atoms with E-state index in [1.807, 2.05) is 54.1 Å². The highest BCUT2D eigenvalue weighted by Gasteiger charge is 2.35. The van der Waals surface area contributed by atoms with Crippen molar-refractivity contribution >= 4 is 12.0 Å². The molecule has 25 heavy (non-hydrogen) atoms. The number of aryl methyl sites for hydroxylation is 2. The molecule has 0 atom stereocenters. The Hall–Kier alpha value is -1.65. The molecule has 3 nitrogen and oxygen atoms in total. The minimum Gasteiger partial charge on any atom is -0.487 e. The van der Waals surface area contributed by atoms with Crippen molar-refractivity contribution in [3.05, 3.63) is 23.3 Å². The SMILES string of the molecule is Cc1cc(OCC(F)(F)CC(C)(C)C)c(C)cc1/N=C/N(C)C1CC1. The van der Waals surface area contributed by atoms with Crippen LogP contribution in [0, 0.1) is 19.3 Å². The molecule has 0 aliphatic heterocycles. The van der Waals surface area contributed by atoms with Gasteiger partial charge >= 0.3 is 0 Å². The standard InChI is InChI=1S/C20H30F2N2O/c1-14-10-18(25-12-20(21,22)11-19(3,4)5)15(2)9-17(14)23-13-24(6)16-7-8-16/h9-10,13,16H,7-8,11-12H2,1-6H3/b23-13+. The van der Waals surface area contributed by atoms with Gasteiger partial charge in [-0.05, 0) is 55.4 Å². The van der Waals surface area contributed by atoms with E-state index >= 15 is 0 Å². The van der Waals surface area contributed by atoms with Crippen molar-refractivity contribution in [2.45, 2.75) is 65.8 Å². The fourth-order valence-corrected chi connectivity index (χ4v) is 2.81. The van der Waals surface area contributed by atoms with E-state index in [0.29, 0.717) is 11.8 Å². The molecule has 1 aliphatic rings. The fourth-order valence-electron chi connectivity index (χ4n) is 2.81. The van der Waals surface area contributed by atoms with E-state index in [9.17, 15) is 8.78 Å². The normalized spacial score (nSPS) is 15.7. The summed E-state index contributed by atoms with van der Waals surface area (Å²) < 4.78 is 33.6. The molecule has 5 heteroatoms. The van der Waals surface area contributed by atoms with Gasteiger partial charge in [-0.2, -0.15) is 0 Å². The lowest BCUT2D eigenvalue weighted by molar-refractivity contribution is -0.0696. The number of hydrogen-bond acceptors (Lipinski definition) is 2. The molecule has 0 saturated heterocycles. The topological polar surface area (TPSA) is 24.8 Å². The summed E-state index contributed by atoms with van der Waals surface area (Å²) in [6.45, 7) is 8.60. The van der Waals surface area contributed by atoms with Gasteiger partial charge in [0, 0.05) is 19.5 Å². The summed E-state index contributed by atoms with van der Waals surface area (Å²) in [5.41, 5.74) is 2.14. The van der Waals surface area contributed by atoms with E-state index in [-0.39, 0.29) is 6.42 Å². The largest absolute Gasteiger partial charge is 0.487 e. The van der Waals surface area contributed by atoms with Crippen molar-refractivity contribution in [3.63, 3.8) is 0 Å². The zero-order chi connectivity index (χ0) is 18.8. The van der Waals surface area contributed by atoms with E-state index in [1.165, 1.54) is 12.8 Å². The number of benzene rings is 1. The lowest BCUT2D eigenvalue weighted by Gasteiger charge is -2.26. The number of hydrogen-bond donors (Lipinski definition) is 0. The molecular formula is C20H30F2N2O. The minimum atomic E-state index is -2.84. The molecule has 0 unspecified atom stereocenters. The second-order valence-electron chi connectivity index (χ2n) is 8.43. The lowest BCUT2D eigenvalue weighted by Crippen LogP contribution is -2.31. The van der Waals surface area contributed by atoms with Crippen LogP contribution in [-0.4, -0.2) is 36.9 Å². The third-order valence-electron chi connectivity index (χ3n) is 4.22. The molecule has 0 amide bonds. The Morgan fingerprint density at radius 1 is 1.20 bits per heavy atom. The highest BCUT2D eigenvalue weighted by atomic mass is 19.3. The molecule has 0 bridgehead atoms. The molecule has 140 valence electrons. The Balaban J connectivity index is 2.03. The van der Waals surface area contributed by atoms with Crippen LogP contribution >= 0.6 is 0 Å². The van der Waals surface area contributed by atoms with Gasteiger partial charge in [-0.1, -0.05) is 20.8 Å². The van der Waals surface area contributed by atoms with E-state index in [0.717, 1.165) is 16.8 Å². The summed E-state index contributed by atoms with van der Waals surface area (Å²) in [5, 5.41) is 0. The van der Waals surface area contributed by atoms with Crippen LogP contribution in [0.15, 0.2) is 17.1 Å². The van der Waals surface area contributed by atoms with Crippen LogP contribution in [0.25, 0.3) is 0 Å². The lowest BCUT2D eigenvalue weighted by atomic mass is 9.89. The maximum absolute atomic E-state index is 14.1. The maximum Gasteiger partial charge on any atom is 0.281 e. The number of rotatable bonds is 7. The zero-order valence-electron chi connectivity index (χ0n) is 16.2. The van der Waals surface area contributed by atoms with Crippen LogP contribution in [0.3, 0.4) is 0 Å². The smallest absolute Gasteiger partial charge is 0.281 e. The van der Waals surface area contributed by atoms with Gasteiger partial charge in [0.25, 0.3) is 5.92 Å².